The fourth-order valence-electron chi connectivity index (χ4n) is 2.49. The predicted molar refractivity (Wildman–Crippen MR) is 91.8 cm³/mol. The number of thiophene rings is 1. The van der Waals surface area contributed by atoms with Crippen molar-refractivity contribution in [2.24, 2.45) is 0 Å². The molecule has 0 spiro atoms. The van der Waals surface area contributed by atoms with Gasteiger partial charge in [-0.05, 0) is 47.6 Å². The van der Waals surface area contributed by atoms with Crippen LogP contribution in [-0.4, -0.2) is 49.6 Å². The number of aliphatic hydroxyl groups is 1. The van der Waals surface area contributed by atoms with Gasteiger partial charge in [0, 0.05) is 17.7 Å². The van der Waals surface area contributed by atoms with Crippen molar-refractivity contribution in [2.45, 2.75) is 26.6 Å². The van der Waals surface area contributed by atoms with E-state index in [9.17, 15) is 5.11 Å². The van der Waals surface area contributed by atoms with Gasteiger partial charge in [0.1, 0.15) is 5.75 Å². The highest BCUT2D eigenvalue weighted by Crippen LogP contribution is 2.30. The zero-order chi connectivity index (χ0) is 15.9. The first-order valence-electron chi connectivity index (χ1n) is 7.74. The normalized spacial score (nSPS) is 13.0. The Hall–Kier alpha value is -1.14. The van der Waals surface area contributed by atoms with Gasteiger partial charge in [-0.2, -0.15) is 0 Å². The molecule has 1 N–H and O–H groups in total. The maximum atomic E-state index is 10.1. The quantitative estimate of drug-likeness (QED) is 0.720. The Morgan fingerprint density at radius 3 is 2.73 bits per heavy atom. The third-order valence-electron chi connectivity index (χ3n) is 3.86. The molecule has 0 saturated heterocycles. The molecule has 1 unspecified atom stereocenters. The monoisotopic (exact) mass is 323 g/mol. The number of likely N-dealkylation sites (N-methyl/N-ethyl adjacent to an activating group) is 1. The van der Waals surface area contributed by atoms with Gasteiger partial charge in [0.05, 0.1) is 13.7 Å². The molecule has 1 heterocycles. The SMILES string of the molecule is CCN(CC)CCOC(O)Cc1cc2ccsc2cc1OC. The number of hydrogen-bond donors (Lipinski definition) is 1. The summed E-state index contributed by atoms with van der Waals surface area (Å²) in [5.74, 6) is 0.807. The Balaban J connectivity index is 1.94. The van der Waals surface area contributed by atoms with E-state index >= 15 is 0 Å². The lowest BCUT2D eigenvalue weighted by Crippen LogP contribution is -2.29. The summed E-state index contributed by atoms with van der Waals surface area (Å²) >= 11 is 1.69. The van der Waals surface area contributed by atoms with Gasteiger partial charge in [0.15, 0.2) is 6.29 Å². The van der Waals surface area contributed by atoms with Gasteiger partial charge in [0.2, 0.25) is 0 Å². The topological polar surface area (TPSA) is 41.9 Å². The Morgan fingerprint density at radius 2 is 2.05 bits per heavy atom. The molecule has 1 aromatic heterocycles. The summed E-state index contributed by atoms with van der Waals surface area (Å²) in [5.41, 5.74) is 0.976. The molecule has 5 heteroatoms. The Kier molecular flexibility index (Phi) is 6.64. The molecule has 0 aliphatic carbocycles. The second-order valence-corrected chi connectivity index (χ2v) is 6.13. The minimum absolute atomic E-state index is 0.438. The molecule has 1 atom stereocenters. The molecule has 0 aliphatic heterocycles. The molecule has 1 aromatic carbocycles. The summed E-state index contributed by atoms with van der Waals surface area (Å²) < 4.78 is 12.2. The van der Waals surface area contributed by atoms with Crippen LogP contribution in [0.15, 0.2) is 23.6 Å². The van der Waals surface area contributed by atoms with E-state index in [4.69, 9.17) is 9.47 Å². The van der Waals surface area contributed by atoms with Crippen LogP contribution >= 0.6 is 11.3 Å². The first-order chi connectivity index (χ1) is 10.7. The van der Waals surface area contributed by atoms with Crippen LogP contribution < -0.4 is 4.74 Å². The smallest absolute Gasteiger partial charge is 0.158 e. The minimum Gasteiger partial charge on any atom is -0.496 e. The minimum atomic E-state index is -0.805. The number of methoxy groups -OCH3 is 1. The highest BCUT2D eigenvalue weighted by Gasteiger charge is 2.12. The van der Waals surface area contributed by atoms with Crippen molar-refractivity contribution < 1.29 is 14.6 Å². The predicted octanol–water partition coefficient (Wildman–Crippen LogP) is 3.13. The molecule has 122 valence electrons. The molecule has 0 aliphatic rings. The van der Waals surface area contributed by atoms with Crippen LogP contribution in [0.3, 0.4) is 0 Å². The lowest BCUT2D eigenvalue weighted by atomic mass is 10.1. The van der Waals surface area contributed by atoms with Crippen LogP contribution in [0.4, 0.5) is 0 Å². The van der Waals surface area contributed by atoms with Crippen LogP contribution in [0.25, 0.3) is 10.1 Å². The number of hydrogen-bond acceptors (Lipinski definition) is 5. The number of fused-ring (bicyclic) bond motifs is 1. The van der Waals surface area contributed by atoms with Gasteiger partial charge in [0.25, 0.3) is 0 Å². The van der Waals surface area contributed by atoms with E-state index in [1.54, 1.807) is 18.4 Å². The summed E-state index contributed by atoms with van der Waals surface area (Å²) in [4.78, 5) is 2.27. The molecule has 0 bridgehead atoms. The van der Waals surface area contributed by atoms with Crippen LogP contribution in [0.5, 0.6) is 5.75 Å². The maximum absolute atomic E-state index is 10.1. The fourth-order valence-corrected chi connectivity index (χ4v) is 3.29. The summed E-state index contributed by atoms with van der Waals surface area (Å²) in [7, 11) is 1.66. The van der Waals surface area contributed by atoms with Crippen LogP contribution in [0, 0.1) is 0 Å². The molecule has 22 heavy (non-hydrogen) atoms. The Morgan fingerprint density at radius 1 is 1.27 bits per heavy atom. The van der Waals surface area contributed by atoms with Crippen molar-refractivity contribution >= 4 is 21.4 Å². The van der Waals surface area contributed by atoms with E-state index in [-0.39, 0.29) is 0 Å². The highest BCUT2D eigenvalue weighted by atomic mass is 32.1. The van der Waals surface area contributed by atoms with Crippen molar-refractivity contribution in [1.29, 1.82) is 0 Å². The van der Waals surface area contributed by atoms with Gasteiger partial charge in [-0.25, -0.2) is 0 Å². The van der Waals surface area contributed by atoms with E-state index < -0.39 is 6.29 Å². The van der Waals surface area contributed by atoms with Crippen molar-refractivity contribution in [2.75, 3.05) is 33.4 Å². The molecule has 0 saturated carbocycles. The van der Waals surface area contributed by atoms with Crippen LogP contribution in [0.1, 0.15) is 19.4 Å². The number of rotatable bonds is 9. The maximum Gasteiger partial charge on any atom is 0.158 e. The van der Waals surface area contributed by atoms with E-state index in [1.807, 2.05) is 6.07 Å². The first kappa shape index (κ1) is 17.2. The van der Waals surface area contributed by atoms with E-state index in [0.717, 1.165) is 30.9 Å². The molecule has 0 amide bonds. The van der Waals surface area contributed by atoms with E-state index in [1.165, 1.54) is 10.1 Å². The largest absolute Gasteiger partial charge is 0.496 e. The number of benzene rings is 1. The standard InChI is InChI=1S/C17H25NO3S/c1-4-18(5-2)7-8-21-17(19)11-14-10-13-6-9-22-16(13)12-15(14)20-3/h6,9-10,12,17,19H,4-5,7-8,11H2,1-3H3. The fraction of sp³-hybridized carbons (Fsp3) is 0.529. The summed E-state index contributed by atoms with van der Waals surface area (Å²) in [6, 6.07) is 6.18. The van der Waals surface area contributed by atoms with E-state index in [0.29, 0.717) is 13.0 Å². The van der Waals surface area contributed by atoms with E-state index in [2.05, 4.69) is 36.3 Å². The van der Waals surface area contributed by atoms with Crippen molar-refractivity contribution in [3.8, 4) is 5.75 Å². The molecular weight excluding hydrogens is 298 g/mol. The number of aliphatic hydroxyl groups excluding tert-OH is 1. The lowest BCUT2D eigenvalue weighted by molar-refractivity contribution is -0.101. The summed E-state index contributed by atoms with van der Waals surface area (Å²) in [5, 5.41) is 13.3. The zero-order valence-electron chi connectivity index (χ0n) is 13.5. The highest BCUT2D eigenvalue weighted by molar-refractivity contribution is 7.17. The van der Waals surface area contributed by atoms with Crippen molar-refractivity contribution in [3.05, 3.63) is 29.1 Å². The number of nitrogens with zero attached hydrogens (tertiary/aromatic N) is 1. The van der Waals surface area contributed by atoms with Gasteiger partial charge >= 0.3 is 0 Å². The second-order valence-electron chi connectivity index (χ2n) is 5.18. The molecule has 2 aromatic rings. The average Bonchev–Trinajstić information content (AvgIpc) is 2.98. The average molecular weight is 323 g/mol. The molecule has 2 rings (SSSR count). The second kappa shape index (κ2) is 8.48. The van der Waals surface area contributed by atoms with Crippen molar-refractivity contribution in [3.63, 3.8) is 0 Å². The molecular formula is C17H25NO3S. The van der Waals surface area contributed by atoms with Crippen LogP contribution in [0.2, 0.25) is 0 Å². The first-order valence-corrected chi connectivity index (χ1v) is 8.62. The molecule has 0 radical (unpaired) electrons. The summed E-state index contributed by atoms with van der Waals surface area (Å²) in [6.45, 7) is 7.62. The third-order valence-corrected chi connectivity index (χ3v) is 4.74. The van der Waals surface area contributed by atoms with Gasteiger partial charge < -0.3 is 19.5 Å². The third kappa shape index (κ3) is 4.43. The van der Waals surface area contributed by atoms with Gasteiger partial charge in [-0.15, -0.1) is 11.3 Å². The van der Waals surface area contributed by atoms with Crippen molar-refractivity contribution in [1.82, 2.24) is 4.90 Å². The van der Waals surface area contributed by atoms with Gasteiger partial charge in [-0.3, -0.25) is 0 Å². The Bertz CT molecular complexity index is 580. The zero-order valence-corrected chi connectivity index (χ0v) is 14.4. The molecule has 4 nitrogen and oxygen atoms in total. The summed E-state index contributed by atoms with van der Waals surface area (Å²) in [6.07, 6.45) is -0.367. The number of ether oxygens (including phenoxy) is 2. The molecule has 0 fully saturated rings. The van der Waals surface area contributed by atoms with Crippen LogP contribution in [-0.2, 0) is 11.2 Å². The Labute approximate surface area is 136 Å². The van der Waals surface area contributed by atoms with Gasteiger partial charge in [-0.1, -0.05) is 13.8 Å². The lowest BCUT2D eigenvalue weighted by Gasteiger charge is -2.20.